The second kappa shape index (κ2) is 4.00. The molecule has 3 heteroatoms. The predicted molar refractivity (Wildman–Crippen MR) is 65.1 cm³/mol. The monoisotopic (exact) mass is 217 g/mol. The van der Waals surface area contributed by atoms with Crippen molar-refractivity contribution in [1.82, 2.24) is 4.57 Å². The first-order valence-electron chi connectivity index (χ1n) is 5.32. The number of fused-ring (bicyclic) bond motifs is 1. The molecule has 0 aliphatic rings. The van der Waals surface area contributed by atoms with Gasteiger partial charge in [0.25, 0.3) is 5.56 Å². The van der Waals surface area contributed by atoms with Crippen LogP contribution in [-0.4, -0.2) is 11.7 Å². The summed E-state index contributed by atoms with van der Waals surface area (Å²) in [6.07, 6.45) is 1.83. The lowest BCUT2D eigenvalue weighted by Gasteiger charge is -2.10. The third kappa shape index (κ3) is 1.69. The van der Waals surface area contributed by atoms with Crippen LogP contribution in [0.3, 0.4) is 0 Å². The van der Waals surface area contributed by atoms with Crippen molar-refractivity contribution in [3.05, 3.63) is 40.8 Å². The Morgan fingerprint density at radius 1 is 1.25 bits per heavy atom. The van der Waals surface area contributed by atoms with E-state index in [-0.39, 0.29) is 11.6 Å². The molecular formula is C13H15NO2. The zero-order valence-corrected chi connectivity index (χ0v) is 9.73. The molecule has 0 saturated carbocycles. The van der Waals surface area contributed by atoms with E-state index in [0.717, 1.165) is 16.5 Å². The second-order valence-electron chi connectivity index (χ2n) is 4.08. The van der Waals surface area contributed by atoms with Crippen LogP contribution in [0.5, 0.6) is 5.75 Å². The zero-order chi connectivity index (χ0) is 11.7. The molecule has 0 spiro atoms. The van der Waals surface area contributed by atoms with Crippen LogP contribution in [0, 0.1) is 0 Å². The molecule has 1 heterocycles. The van der Waals surface area contributed by atoms with Gasteiger partial charge >= 0.3 is 0 Å². The average molecular weight is 217 g/mol. The predicted octanol–water partition coefficient (Wildman–Crippen LogP) is 2.59. The van der Waals surface area contributed by atoms with Crippen molar-refractivity contribution in [1.29, 1.82) is 0 Å². The van der Waals surface area contributed by atoms with E-state index in [1.54, 1.807) is 11.7 Å². The highest BCUT2D eigenvalue weighted by molar-refractivity contribution is 5.82. The maximum Gasteiger partial charge on any atom is 0.258 e. The van der Waals surface area contributed by atoms with Crippen LogP contribution >= 0.6 is 0 Å². The summed E-state index contributed by atoms with van der Waals surface area (Å²) in [4.78, 5) is 12.1. The molecule has 0 fully saturated rings. The SMILES string of the molecule is COc1ccc2c(=O)n(C(C)C)ccc2c1. The van der Waals surface area contributed by atoms with E-state index in [4.69, 9.17) is 4.74 Å². The van der Waals surface area contributed by atoms with Crippen LogP contribution in [-0.2, 0) is 0 Å². The third-order valence-corrected chi connectivity index (χ3v) is 2.69. The number of benzene rings is 1. The molecule has 0 saturated heterocycles. The Bertz CT molecular complexity index is 570. The van der Waals surface area contributed by atoms with Gasteiger partial charge in [0.05, 0.1) is 7.11 Å². The normalized spacial score (nSPS) is 11.0. The highest BCUT2D eigenvalue weighted by Crippen LogP contribution is 2.18. The molecule has 2 aromatic rings. The van der Waals surface area contributed by atoms with Gasteiger partial charge in [0, 0.05) is 17.6 Å². The number of hydrogen-bond acceptors (Lipinski definition) is 2. The molecule has 0 aliphatic carbocycles. The van der Waals surface area contributed by atoms with E-state index in [1.807, 2.05) is 44.3 Å². The fourth-order valence-corrected chi connectivity index (χ4v) is 1.77. The van der Waals surface area contributed by atoms with Crippen molar-refractivity contribution in [2.24, 2.45) is 0 Å². The largest absolute Gasteiger partial charge is 0.497 e. The van der Waals surface area contributed by atoms with Crippen molar-refractivity contribution in [3.63, 3.8) is 0 Å². The highest BCUT2D eigenvalue weighted by Gasteiger charge is 2.05. The van der Waals surface area contributed by atoms with Crippen LogP contribution < -0.4 is 10.3 Å². The third-order valence-electron chi connectivity index (χ3n) is 2.69. The van der Waals surface area contributed by atoms with Crippen molar-refractivity contribution in [3.8, 4) is 5.75 Å². The first kappa shape index (κ1) is 10.7. The quantitative estimate of drug-likeness (QED) is 0.774. The number of aromatic nitrogens is 1. The lowest BCUT2D eigenvalue weighted by Crippen LogP contribution is -2.20. The zero-order valence-electron chi connectivity index (χ0n) is 9.73. The van der Waals surface area contributed by atoms with Gasteiger partial charge in [-0.15, -0.1) is 0 Å². The van der Waals surface area contributed by atoms with Gasteiger partial charge in [-0.05, 0) is 43.5 Å². The Labute approximate surface area is 94.3 Å². The van der Waals surface area contributed by atoms with E-state index in [1.165, 1.54) is 0 Å². The summed E-state index contributed by atoms with van der Waals surface area (Å²) in [5.41, 5.74) is 0.0511. The van der Waals surface area contributed by atoms with Crippen molar-refractivity contribution in [2.75, 3.05) is 7.11 Å². The van der Waals surface area contributed by atoms with Gasteiger partial charge in [-0.1, -0.05) is 0 Å². The lowest BCUT2D eigenvalue weighted by atomic mass is 10.1. The first-order chi connectivity index (χ1) is 7.63. The Hall–Kier alpha value is -1.77. The fourth-order valence-electron chi connectivity index (χ4n) is 1.77. The lowest BCUT2D eigenvalue weighted by molar-refractivity contribution is 0.415. The van der Waals surface area contributed by atoms with Gasteiger partial charge < -0.3 is 9.30 Å². The maximum atomic E-state index is 12.1. The molecule has 0 aliphatic heterocycles. The second-order valence-corrected chi connectivity index (χ2v) is 4.08. The summed E-state index contributed by atoms with van der Waals surface area (Å²) in [6, 6.07) is 7.63. The van der Waals surface area contributed by atoms with Crippen LogP contribution in [0.15, 0.2) is 35.3 Å². The van der Waals surface area contributed by atoms with Gasteiger partial charge in [-0.3, -0.25) is 4.79 Å². The molecule has 0 bridgehead atoms. The summed E-state index contributed by atoms with van der Waals surface area (Å²) in [6.45, 7) is 3.99. The molecule has 1 aromatic carbocycles. The molecule has 0 atom stereocenters. The average Bonchev–Trinajstić information content (AvgIpc) is 2.28. The van der Waals surface area contributed by atoms with Crippen LogP contribution in [0.4, 0.5) is 0 Å². The summed E-state index contributed by atoms with van der Waals surface area (Å²) in [5.74, 6) is 0.772. The van der Waals surface area contributed by atoms with Gasteiger partial charge in [-0.25, -0.2) is 0 Å². The molecule has 2 rings (SSSR count). The molecule has 0 radical (unpaired) electrons. The Balaban J connectivity index is 2.72. The van der Waals surface area contributed by atoms with Gasteiger partial charge in [0.15, 0.2) is 0 Å². The summed E-state index contributed by atoms with van der Waals surface area (Å²) >= 11 is 0. The van der Waals surface area contributed by atoms with E-state index in [9.17, 15) is 4.79 Å². The number of nitrogens with zero attached hydrogens (tertiary/aromatic N) is 1. The molecule has 16 heavy (non-hydrogen) atoms. The highest BCUT2D eigenvalue weighted by atomic mass is 16.5. The van der Waals surface area contributed by atoms with Crippen molar-refractivity contribution >= 4 is 10.8 Å². The maximum absolute atomic E-state index is 12.1. The smallest absolute Gasteiger partial charge is 0.258 e. The minimum Gasteiger partial charge on any atom is -0.497 e. The molecule has 0 amide bonds. The molecule has 3 nitrogen and oxygen atoms in total. The number of methoxy groups -OCH3 is 1. The van der Waals surface area contributed by atoms with Gasteiger partial charge in [0.1, 0.15) is 5.75 Å². The van der Waals surface area contributed by atoms with E-state index >= 15 is 0 Å². The summed E-state index contributed by atoms with van der Waals surface area (Å²) in [5, 5.41) is 1.65. The first-order valence-corrected chi connectivity index (χ1v) is 5.32. The summed E-state index contributed by atoms with van der Waals surface area (Å²) in [7, 11) is 1.62. The molecule has 0 unspecified atom stereocenters. The number of rotatable bonds is 2. The van der Waals surface area contributed by atoms with E-state index in [2.05, 4.69) is 0 Å². The topological polar surface area (TPSA) is 31.2 Å². The van der Waals surface area contributed by atoms with Crippen molar-refractivity contribution < 1.29 is 4.74 Å². The van der Waals surface area contributed by atoms with E-state index < -0.39 is 0 Å². The van der Waals surface area contributed by atoms with Gasteiger partial charge in [0.2, 0.25) is 0 Å². The van der Waals surface area contributed by atoms with E-state index in [0.29, 0.717) is 0 Å². The number of hydrogen-bond donors (Lipinski definition) is 0. The molecule has 84 valence electrons. The molecule has 1 aromatic heterocycles. The number of ether oxygens (including phenoxy) is 1. The molecular weight excluding hydrogens is 202 g/mol. The van der Waals surface area contributed by atoms with Crippen LogP contribution in [0.25, 0.3) is 10.8 Å². The Morgan fingerprint density at radius 3 is 2.62 bits per heavy atom. The van der Waals surface area contributed by atoms with Crippen molar-refractivity contribution in [2.45, 2.75) is 19.9 Å². The minimum absolute atomic E-state index is 0.0511. The fraction of sp³-hybridized carbons (Fsp3) is 0.308. The Kier molecular flexibility index (Phi) is 2.69. The summed E-state index contributed by atoms with van der Waals surface area (Å²) < 4.78 is 6.86. The number of pyridine rings is 1. The van der Waals surface area contributed by atoms with Crippen LogP contribution in [0.1, 0.15) is 19.9 Å². The minimum atomic E-state index is 0.0511. The Morgan fingerprint density at radius 2 is 2.00 bits per heavy atom. The van der Waals surface area contributed by atoms with Gasteiger partial charge in [-0.2, -0.15) is 0 Å². The standard InChI is InChI=1S/C13H15NO2/c1-9(2)14-7-6-10-8-11(16-3)4-5-12(10)13(14)15/h4-9H,1-3H3. The molecule has 0 N–H and O–H groups in total. The van der Waals surface area contributed by atoms with Crippen LogP contribution in [0.2, 0.25) is 0 Å².